The molecule has 0 saturated heterocycles. The first-order valence-corrected chi connectivity index (χ1v) is 7.37. The average Bonchev–Trinajstić information content (AvgIpc) is 2.38. The molecule has 0 radical (unpaired) electrons. The van der Waals surface area contributed by atoms with Gasteiger partial charge in [-0.25, -0.2) is 9.97 Å². The van der Waals surface area contributed by atoms with Gasteiger partial charge in [0, 0.05) is 32.3 Å². The molecule has 2 aromatic carbocycles. The summed E-state index contributed by atoms with van der Waals surface area (Å²) in [5, 5.41) is 5.86. The standard InChI is InChI=1S/C14H7Cl4N3/c15-8-1-7-6-19-14(21-13(7)12(18)5-8)20-11-3-9(16)2-10(17)4-11/h1-6H,(H,19,20,21). The van der Waals surface area contributed by atoms with Crippen molar-refractivity contribution >= 4 is 68.9 Å². The molecule has 1 heterocycles. The molecular formula is C14H7Cl4N3. The van der Waals surface area contributed by atoms with Crippen LogP contribution in [0.5, 0.6) is 0 Å². The number of benzene rings is 2. The fraction of sp³-hybridized carbons (Fsp3) is 0. The van der Waals surface area contributed by atoms with Crippen molar-refractivity contribution < 1.29 is 0 Å². The van der Waals surface area contributed by atoms with Gasteiger partial charge in [0.15, 0.2) is 0 Å². The third kappa shape index (κ3) is 3.33. The maximum Gasteiger partial charge on any atom is 0.227 e. The monoisotopic (exact) mass is 357 g/mol. The Balaban J connectivity index is 2.01. The van der Waals surface area contributed by atoms with Gasteiger partial charge >= 0.3 is 0 Å². The van der Waals surface area contributed by atoms with E-state index in [-0.39, 0.29) is 0 Å². The van der Waals surface area contributed by atoms with Crippen molar-refractivity contribution in [1.82, 2.24) is 9.97 Å². The zero-order valence-corrected chi connectivity index (χ0v) is 13.4. The predicted molar refractivity (Wildman–Crippen MR) is 89.3 cm³/mol. The first kappa shape index (κ1) is 14.7. The van der Waals surface area contributed by atoms with Gasteiger partial charge in [0.2, 0.25) is 5.95 Å². The number of anilines is 2. The molecule has 0 atom stereocenters. The molecule has 3 rings (SSSR count). The Morgan fingerprint density at radius 1 is 0.810 bits per heavy atom. The van der Waals surface area contributed by atoms with Gasteiger partial charge in [0.1, 0.15) is 0 Å². The van der Waals surface area contributed by atoms with Crippen LogP contribution in [0.2, 0.25) is 20.1 Å². The number of fused-ring (bicyclic) bond motifs is 1. The van der Waals surface area contributed by atoms with Crippen LogP contribution in [0.1, 0.15) is 0 Å². The maximum absolute atomic E-state index is 6.14. The molecule has 0 amide bonds. The van der Waals surface area contributed by atoms with Crippen molar-refractivity contribution in [3.63, 3.8) is 0 Å². The van der Waals surface area contributed by atoms with E-state index >= 15 is 0 Å². The summed E-state index contributed by atoms with van der Waals surface area (Å²) in [5.41, 5.74) is 1.31. The molecule has 3 aromatic rings. The minimum Gasteiger partial charge on any atom is -0.324 e. The van der Waals surface area contributed by atoms with E-state index in [4.69, 9.17) is 46.4 Å². The molecule has 0 spiro atoms. The van der Waals surface area contributed by atoms with Crippen molar-refractivity contribution in [3.05, 3.63) is 56.6 Å². The highest BCUT2D eigenvalue weighted by molar-refractivity contribution is 6.38. The third-order valence-corrected chi connectivity index (χ3v) is 3.66. The third-order valence-electron chi connectivity index (χ3n) is 2.72. The Morgan fingerprint density at radius 3 is 2.19 bits per heavy atom. The van der Waals surface area contributed by atoms with Crippen molar-refractivity contribution in [2.24, 2.45) is 0 Å². The molecule has 0 aliphatic rings. The Morgan fingerprint density at radius 2 is 1.48 bits per heavy atom. The van der Waals surface area contributed by atoms with Gasteiger partial charge in [0.05, 0.1) is 10.5 Å². The minimum absolute atomic E-state index is 0.394. The molecule has 1 N–H and O–H groups in total. The lowest BCUT2D eigenvalue weighted by Crippen LogP contribution is -1.97. The normalized spacial score (nSPS) is 10.9. The minimum atomic E-state index is 0.394. The number of rotatable bonds is 2. The summed E-state index contributed by atoms with van der Waals surface area (Å²) < 4.78 is 0. The highest BCUT2D eigenvalue weighted by Crippen LogP contribution is 2.28. The second-order valence-electron chi connectivity index (χ2n) is 4.30. The molecule has 0 aliphatic heterocycles. The highest BCUT2D eigenvalue weighted by Gasteiger charge is 2.07. The van der Waals surface area contributed by atoms with Gasteiger partial charge in [-0.2, -0.15) is 0 Å². The van der Waals surface area contributed by atoms with E-state index in [0.29, 0.717) is 37.2 Å². The van der Waals surface area contributed by atoms with Crippen molar-refractivity contribution in [3.8, 4) is 0 Å². The molecule has 0 fully saturated rings. The van der Waals surface area contributed by atoms with Gasteiger partial charge in [0.25, 0.3) is 0 Å². The van der Waals surface area contributed by atoms with Crippen molar-refractivity contribution in [1.29, 1.82) is 0 Å². The quantitative estimate of drug-likeness (QED) is 0.611. The maximum atomic E-state index is 6.14. The number of hydrogen-bond acceptors (Lipinski definition) is 3. The molecular weight excluding hydrogens is 352 g/mol. The SMILES string of the molecule is Clc1cc(Cl)cc(Nc2ncc3cc(Cl)cc(Cl)c3n2)c1. The van der Waals surface area contributed by atoms with E-state index in [1.54, 1.807) is 36.5 Å². The number of nitrogens with zero attached hydrogens (tertiary/aromatic N) is 2. The molecule has 21 heavy (non-hydrogen) atoms. The molecule has 0 aliphatic carbocycles. The van der Waals surface area contributed by atoms with E-state index in [0.717, 1.165) is 5.39 Å². The summed E-state index contributed by atoms with van der Waals surface area (Å²) in [6, 6.07) is 8.49. The summed E-state index contributed by atoms with van der Waals surface area (Å²) in [6.45, 7) is 0. The molecule has 0 bridgehead atoms. The van der Waals surface area contributed by atoms with E-state index in [1.165, 1.54) is 0 Å². The van der Waals surface area contributed by atoms with Gasteiger partial charge < -0.3 is 5.32 Å². The number of hydrogen-bond donors (Lipinski definition) is 1. The highest BCUT2D eigenvalue weighted by atomic mass is 35.5. The van der Waals surface area contributed by atoms with E-state index in [9.17, 15) is 0 Å². The van der Waals surface area contributed by atoms with Crippen LogP contribution in [0.15, 0.2) is 36.5 Å². The van der Waals surface area contributed by atoms with Crippen molar-refractivity contribution in [2.75, 3.05) is 5.32 Å². The summed E-state index contributed by atoms with van der Waals surface area (Å²) in [5.74, 6) is 0.394. The Labute approximate surface area is 140 Å². The van der Waals surface area contributed by atoms with E-state index in [2.05, 4.69) is 15.3 Å². The fourth-order valence-corrected chi connectivity index (χ4v) is 2.96. The first-order valence-electron chi connectivity index (χ1n) is 5.86. The Kier molecular flexibility index (Phi) is 4.09. The second-order valence-corrected chi connectivity index (χ2v) is 6.02. The summed E-state index contributed by atoms with van der Waals surface area (Å²) in [6.07, 6.45) is 1.65. The van der Waals surface area contributed by atoms with Crippen LogP contribution in [-0.4, -0.2) is 9.97 Å². The second kappa shape index (κ2) is 5.85. The van der Waals surface area contributed by atoms with Crippen molar-refractivity contribution in [2.45, 2.75) is 0 Å². The lowest BCUT2D eigenvalue weighted by molar-refractivity contribution is 1.21. The van der Waals surface area contributed by atoms with E-state index in [1.807, 2.05) is 0 Å². The lowest BCUT2D eigenvalue weighted by atomic mass is 10.2. The molecule has 106 valence electrons. The van der Waals surface area contributed by atoms with Crippen LogP contribution in [0.25, 0.3) is 10.9 Å². The van der Waals surface area contributed by atoms with Gasteiger partial charge in [-0.1, -0.05) is 46.4 Å². The summed E-state index contributed by atoms with van der Waals surface area (Å²) in [4.78, 5) is 8.59. The Bertz CT molecular complexity index is 816. The topological polar surface area (TPSA) is 37.8 Å². The number of nitrogens with one attached hydrogen (secondary N) is 1. The summed E-state index contributed by atoms with van der Waals surface area (Å²) in [7, 11) is 0. The molecule has 3 nitrogen and oxygen atoms in total. The van der Waals surface area contributed by atoms with Crippen LogP contribution >= 0.6 is 46.4 Å². The van der Waals surface area contributed by atoms with Crippen LogP contribution in [0.3, 0.4) is 0 Å². The van der Waals surface area contributed by atoms with Crippen LogP contribution < -0.4 is 5.32 Å². The number of halogens is 4. The zero-order chi connectivity index (χ0) is 15.0. The molecule has 0 unspecified atom stereocenters. The molecule has 1 aromatic heterocycles. The van der Waals surface area contributed by atoms with E-state index < -0.39 is 0 Å². The zero-order valence-electron chi connectivity index (χ0n) is 10.4. The largest absolute Gasteiger partial charge is 0.324 e. The molecule has 7 heteroatoms. The Hall–Kier alpha value is -1.26. The van der Waals surface area contributed by atoms with Gasteiger partial charge in [-0.05, 0) is 30.3 Å². The number of aromatic nitrogens is 2. The van der Waals surface area contributed by atoms with Crippen LogP contribution in [0.4, 0.5) is 11.6 Å². The first-order chi connectivity index (χ1) is 10.0. The molecule has 0 saturated carbocycles. The van der Waals surface area contributed by atoms with Crippen LogP contribution in [0, 0.1) is 0 Å². The fourth-order valence-electron chi connectivity index (χ4n) is 1.88. The van der Waals surface area contributed by atoms with Gasteiger partial charge in [-0.15, -0.1) is 0 Å². The van der Waals surface area contributed by atoms with Crippen LogP contribution in [-0.2, 0) is 0 Å². The summed E-state index contributed by atoms with van der Waals surface area (Å²) >= 11 is 24.0. The smallest absolute Gasteiger partial charge is 0.227 e. The average molecular weight is 359 g/mol. The predicted octanol–water partition coefficient (Wildman–Crippen LogP) is 5.99. The van der Waals surface area contributed by atoms with Gasteiger partial charge in [-0.3, -0.25) is 0 Å². The lowest BCUT2D eigenvalue weighted by Gasteiger charge is -2.07.